The van der Waals surface area contributed by atoms with Gasteiger partial charge in [-0.2, -0.15) is 0 Å². The number of Topliss-reactive ketones (excluding diaryl/α,β-unsaturated/α-hetero) is 1. The molecule has 0 spiro atoms. The maximum atomic E-state index is 11.5. The van der Waals surface area contributed by atoms with Gasteiger partial charge in [0.2, 0.25) is 0 Å². The molecule has 1 aliphatic carbocycles. The first-order chi connectivity index (χ1) is 6.74. The van der Waals surface area contributed by atoms with E-state index in [1.807, 2.05) is 12.1 Å². The molecule has 0 unspecified atom stereocenters. The zero-order valence-corrected chi connectivity index (χ0v) is 9.33. The molecule has 1 aromatic rings. The van der Waals surface area contributed by atoms with Gasteiger partial charge in [0.1, 0.15) is 0 Å². The van der Waals surface area contributed by atoms with Gasteiger partial charge in [0.05, 0.1) is 10.9 Å². The van der Waals surface area contributed by atoms with E-state index in [0.717, 1.165) is 9.21 Å². The number of hydrogen-bond acceptors (Lipinski definition) is 3. The van der Waals surface area contributed by atoms with Crippen molar-refractivity contribution in [2.75, 3.05) is 6.54 Å². The van der Waals surface area contributed by atoms with Crippen molar-refractivity contribution in [2.45, 2.75) is 25.3 Å². The number of thiophene rings is 1. The molecule has 4 heteroatoms. The topological polar surface area (TPSA) is 29.1 Å². The summed E-state index contributed by atoms with van der Waals surface area (Å²) in [7, 11) is 0. The van der Waals surface area contributed by atoms with Crippen LogP contribution in [-0.4, -0.2) is 18.4 Å². The van der Waals surface area contributed by atoms with Crippen LogP contribution in [0.5, 0.6) is 0 Å². The monoisotopic (exact) mass is 229 g/mol. The standard InChI is InChI=1S/C10H12ClNOS/c11-10-4-3-9(14-10)5-8(13)6-12-7-1-2-7/h3-4,7,12H,1-2,5-6H2. The number of carbonyl (C=O) groups excluding carboxylic acids is 1. The average Bonchev–Trinajstić information content (AvgIpc) is 2.88. The quantitative estimate of drug-likeness (QED) is 0.839. The summed E-state index contributed by atoms with van der Waals surface area (Å²) >= 11 is 7.26. The number of halogens is 1. The highest BCUT2D eigenvalue weighted by Gasteiger charge is 2.21. The summed E-state index contributed by atoms with van der Waals surface area (Å²) in [5.41, 5.74) is 0. The molecule has 1 saturated carbocycles. The first kappa shape index (κ1) is 10.1. The van der Waals surface area contributed by atoms with Crippen molar-refractivity contribution in [2.24, 2.45) is 0 Å². The highest BCUT2D eigenvalue weighted by molar-refractivity contribution is 7.16. The molecule has 2 rings (SSSR count). The number of nitrogens with one attached hydrogen (secondary N) is 1. The van der Waals surface area contributed by atoms with E-state index in [1.54, 1.807) is 0 Å². The Morgan fingerprint density at radius 1 is 1.57 bits per heavy atom. The van der Waals surface area contributed by atoms with E-state index >= 15 is 0 Å². The Balaban J connectivity index is 1.75. The summed E-state index contributed by atoms with van der Waals surface area (Å²) in [4.78, 5) is 12.5. The minimum Gasteiger partial charge on any atom is -0.307 e. The Labute approximate surface area is 92.3 Å². The van der Waals surface area contributed by atoms with E-state index in [0.29, 0.717) is 19.0 Å². The number of ketones is 1. The fourth-order valence-corrected chi connectivity index (χ4v) is 2.37. The maximum Gasteiger partial charge on any atom is 0.151 e. The van der Waals surface area contributed by atoms with Crippen LogP contribution >= 0.6 is 22.9 Å². The summed E-state index contributed by atoms with van der Waals surface area (Å²) in [6.07, 6.45) is 2.95. The van der Waals surface area contributed by atoms with Crippen molar-refractivity contribution in [3.8, 4) is 0 Å². The van der Waals surface area contributed by atoms with Crippen molar-refractivity contribution in [3.63, 3.8) is 0 Å². The Morgan fingerprint density at radius 3 is 2.93 bits per heavy atom. The fraction of sp³-hybridized carbons (Fsp3) is 0.500. The molecule has 0 radical (unpaired) electrons. The first-order valence-corrected chi connectivity index (χ1v) is 5.93. The second-order valence-electron chi connectivity index (χ2n) is 3.58. The van der Waals surface area contributed by atoms with Gasteiger partial charge in [0.25, 0.3) is 0 Å². The van der Waals surface area contributed by atoms with E-state index in [-0.39, 0.29) is 5.78 Å². The molecule has 76 valence electrons. The van der Waals surface area contributed by atoms with E-state index in [9.17, 15) is 4.79 Å². The first-order valence-electron chi connectivity index (χ1n) is 4.73. The van der Waals surface area contributed by atoms with Gasteiger partial charge in [0, 0.05) is 17.3 Å². The van der Waals surface area contributed by atoms with Crippen LogP contribution < -0.4 is 5.32 Å². The Kier molecular flexibility index (Phi) is 3.21. The van der Waals surface area contributed by atoms with E-state index < -0.39 is 0 Å². The molecular formula is C10H12ClNOS. The van der Waals surface area contributed by atoms with E-state index in [1.165, 1.54) is 24.2 Å². The van der Waals surface area contributed by atoms with Gasteiger partial charge in [-0.15, -0.1) is 11.3 Å². The highest BCUT2D eigenvalue weighted by Crippen LogP contribution is 2.22. The lowest BCUT2D eigenvalue weighted by Gasteiger charge is -1.99. The zero-order valence-electron chi connectivity index (χ0n) is 7.75. The van der Waals surface area contributed by atoms with Crippen LogP contribution in [0.1, 0.15) is 17.7 Å². The summed E-state index contributed by atoms with van der Waals surface area (Å²) < 4.78 is 0.753. The van der Waals surface area contributed by atoms with Gasteiger partial charge < -0.3 is 5.32 Å². The zero-order chi connectivity index (χ0) is 9.97. The van der Waals surface area contributed by atoms with Gasteiger partial charge in [-0.3, -0.25) is 4.79 Å². The molecular weight excluding hydrogens is 218 g/mol. The smallest absolute Gasteiger partial charge is 0.151 e. The molecule has 0 atom stereocenters. The fourth-order valence-electron chi connectivity index (χ4n) is 1.25. The molecule has 1 N–H and O–H groups in total. The molecule has 0 aliphatic heterocycles. The second kappa shape index (κ2) is 4.43. The lowest BCUT2D eigenvalue weighted by molar-refractivity contribution is -0.117. The van der Waals surface area contributed by atoms with Crippen molar-refractivity contribution >= 4 is 28.7 Å². The Morgan fingerprint density at radius 2 is 2.36 bits per heavy atom. The SMILES string of the molecule is O=C(CNC1CC1)Cc1ccc(Cl)s1. The van der Waals surface area contributed by atoms with Crippen LogP contribution in [0.15, 0.2) is 12.1 Å². The molecule has 0 amide bonds. The molecule has 14 heavy (non-hydrogen) atoms. The highest BCUT2D eigenvalue weighted by atomic mass is 35.5. The molecule has 1 heterocycles. The summed E-state index contributed by atoms with van der Waals surface area (Å²) in [5, 5.41) is 3.21. The number of rotatable bonds is 5. The van der Waals surface area contributed by atoms with Gasteiger partial charge in [-0.25, -0.2) is 0 Å². The third-order valence-corrected chi connectivity index (χ3v) is 3.40. The van der Waals surface area contributed by atoms with Gasteiger partial charge >= 0.3 is 0 Å². The van der Waals surface area contributed by atoms with Crippen LogP contribution in [0.25, 0.3) is 0 Å². The van der Waals surface area contributed by atoms with Gasteiger partial charge in [0.15, 0.2) is 5.78 Å². The van der Waals surface area contributed by atoms with Gasteiger partial charge in [-0.1, -0.05) is 11.6 Å². The van der Waals surface area contributed by atoms with Crippen molar-refractivity contribution in [1.29, 1.82) is 0 Å². The summed E-state index contributed by atoms with van der Waals surface area (Å²) in [5.74, 6) is 0.246. The Hall–Kier alpha value is -0.380. The normalized spacial score (nSPS) is 15.8. The molecule has 0 saturated heterocycles. The minimum atomic E-state index is 0.246. The van der Waals surface area contributed by atoms with Crippen LogP contribution in [0, 0.1) is 0 Å². The predicted molar refractivity (Wildman–Crippen MR) is 59.1 cm³/mol. The maximum absolute atomic E-state index is 11.5. The molecule has 1 aliphatic rings. The summed E-state index contributed by atoms with van der Waals surface area (Å²) in [6.45, 7) is 0.500. The second-order valence-corrected chi connectivity index (χ2v) is 5.38. The van der Waals surface area contributed by atoms with E-state index in [4.69, 9.17) is 11.6 Å². The average molecular weight is 230 g/mol. The molecule has 0 aromatic carbocycles. The number of carbonyl (C=O) groups is 1. The lowest BCUT2D eigenvalue weighted by atomic mass is 10.2. The van der Waals surface area contributed by atoms with Crippen LogP contribution in [-0.2, 0) is 11.2 Å². The minimum absolute atomic E-state index is 0.246. The Bertz CT molecular complexity index is 333. The number of hydrogen-bond donors (Lipinski definition) is 1. The molecule has 2 nitrogen and oxygen atoms in total. The molecule has 1 aromatic heterocycles. The van der Waals surface area contributed by atoms with Crippen LogP contribution in [0.3, 0.4) is 0 Å². The van der Waals surface area contributed by atoms with Gasteiger partial charge in [-0.05, 0) is 25.0 Å². The third-order valence-electron chi connectivity index (χ3n) is 2.17. The van der Waals surface area contributed by atoms with Crippen molar-refractivity contribution in [3.05, 3.63) is 21.3 Å². The van der Waals surface area contributed by atoms with Crippen molar-refractivity contribution < 1.29 is 4.79 Å². The van der Waals surface area contributed by atoms with Crippen LogP contribution in [0.4, 0.5) is 0 Å². The van der Waals surface area contributed by atoms with Crippen LogP contribution in [0.2, 0.25) is 4.34 Å². The molecule has 0 bridgehead atoms. The predicted octanol–water partition coefficient (Wildman–Crippen LogP) is 2.27. The third kappa shape index (κ3) is 3.08. The summed E-state index contributed by atoms with van der Waals surface area (Å²) in [6, 6.07) is 4.36. The lowest BCUT2D eigenvalue weighted by Crippen LogP contribution is -2.25. The van der Waals surface area contributed by atoms with E-state index in [2.05, 4.69) is 5.32 Å². The largest absolute Gasteiger partial charge is 0.307 e. The van der Waals surface area contributed by atoms with Crippen molar-refractivity contribution in [1.82, 2.24) is 5.32 Å². The molecule has 1 fully saturated rings.